The van der Waals surface area contributed by atoms with Gasteiger partial charge in [0.15, 0.2) is 0 Å². The molecule has 0 fully saturated rings. The van der Waals surface area contributed by atoms with E-state index in [1.165, 1.54) is 6.33 Å². The summed E-state index contributed by atoms with van der Waals surface area (Å²) in [6.07, 6.45) is 3.94. The molecule has 0 spiro atoms. The highest BCUT2D eigenvalue weighted by Crippen LogP contribution is 2.26. The molecule has 90 valence electrons. The van der Waals surface area contributed by atoms with Crippen LogP contribution in [-0.4, -0.2) is 15.0 Å². The molecule has 0 aromatic carbocycles. The summed E-state index contributed by atoms with van der Waals surface area (Å²) in [6.45, 7) is 2.46. The van der Waals surface area contributed by atoms with Gasteiger partial charge in [-0.15, -0.1) is 0 Å². The predicted octanol–water partition coefficient (Wildman–Crippen LogP) is 3.06. The molecule has 0 radical (unpaired) electrons. The maximum Gasteiger partial charge on any atom is 0.213 e. The van der Waals surface area contributed by atoms with Crippen LogP contribution >= 0.6 is 27.5 Å². The second-order valence-electron chi connectivity index (χ2n) is 3.25. The lowest BCUT2D eigenvalue weighted by atomic mass is 10.4. The van der Waals surface area contributed by atoms with E-state index in [-0.39, 0.29) is 0 Å². The Morgan fingerprint density at radius 1 is 1.41 bits per heavy atom. The average molecular weight is 318 g/mol. The summed E-state index contributed by atoms with van der Waals surface area (Å²) < 4.78 is 6.09. The Morgan fingerprint density at radius 3 is 2.94 bits per heavy atom. The van der Waals surface area contributed by atoms with Gasteiger partial charge in [-0.25, -0.2) is 15.0 Å². The fourth-order valence-electron chi connectivity index (χ4n) is 1.22. The molecule has 0 aliphatic carbocycles. The second-order valence-corrected chi connectivity index (χ2v) is 4.41. The molecule has 17 heavy (non-hydrogen) atoms. The topological polar surface area (TPSA) is 63.8 Å². The molecule has 2 heterocycles. The predicted molar refractivity (Wildman–Crippen MR) is 67.9 cm³/mol. The molecule has 0 bridgehead atoms. The van der Waals surface area contributed by atoms with E-state index in [1.807, 2.05) is 6.92 Å². The molecule has 0 saturated heterocycles. The largest absolute Gasteiger partial charge is 0.444 e. The molecule has 7 heteroatoms. The normalized spacial score (nSPS) is 10.5. The first-order chi connectivity index (χ1) is 8.20. The number of aryl methyl sites for hydroxylation is 1. The number of aromatic nitrogens is 3. The van der Waals surface area contributed by atoms with Gasteiger partial charge in [-0.05, 0) is 15.9 Å². The van der Waals surface area contributed by atoms with Crippen molar-refractivity contribution in [1.29, 1.82) is 0 Å². The van der Waals surface area contributed by atoms with Crippen molar-refractivity contribution in [3.63, 3.8) is 0 Å². The molecule has 0 aliphatic heterocycles. The van der Waals surface area contributed by atoms with Crippen LogP contribution in [0.2, 0.25) is 5.15 Å². The van der Waals surface area contributed by atoms with Gasteiger partial charge in [0.25, 0.3) is 0 Å². The monoisotopic (exact) mass is 316 g/mol. The number of anilines is 1. The molecule has 2 aromatic heterocycles. The molecule has 0 saturated carbocycles. The number of hydrogen-bond donors (Lipinski definition) is 1. The van der Waals surface area contributed by atoms with Gasteiger partial charge < -0.3 is 9.73 Å². The maximum atomic E-state index is 5.85. The van der Waals surface area contributed by atoms with E-state index in [9.17, 15) is 0 Å². The molecule has 1 N–H and O–H groups in total. The number of oxazole rings is 1. The van der Waals surface area contributed by atoms with Crippen LogP contribution in [0, 0.1) is 0 Å². The molecule has 0 amide bonds. The van der Waals surface area contributed by atoms with Crippen LogP contribution in [0.4, 0.5) is 5.82 Å². The molecule has 2 rings (SSSR count). The molecule has 0 aliphatic rings. The summed E-state index contributed by atoms with van der Waals surface area (Å²) in [7, 11) is 0. The molecule has 5 nitrogen and oxygen atoms in total. The highest BCUT2D eigenvalue weighted by Gasteiger charge is 2.08. The Labute approximate surface area is 112 Å². The van der Waals surface area contributed by atoms with Gasteiger partial charge in [0, 0.05) is 6.42 Å². The van der Waals surface area contributed by atoms with Gasteiger partial charge >= 0.3 is 0 Å². The van der Waals surface area contributed by atoms with Crippen LogP contribution < -0.4 is 5.32 Å². The van der Waals surface area contributed by atoms with E-state index in [2.05, 4.69) is 36.2 Å². The SMILES string of the molecule is CCc1cnc(CNc2ncnc(Cl)c2Br)o1. The van der Waals surface area contributed by atoms with Crippen molar-refractivity contribution in [1.82, 2.24) is 15.0 Å². The summed E-state index contributed by atoms with van der Waals surface area (Å²) in [5, 5.41) is 3.43. The van der Waals surface area contributed by atoms with Gasteiger partial charge in [-0.2, -0.15) is 0 Å². The molecular weight excluding hydrogens is 307 g/mol. The van der Waals surface area contributed by atoms with E-state index < -0.39 is 0 Å². The lowest BCUT2D eigenvalue weighted by molar-refractivity contribution is 0.465. The van der Waals surface area contributed by atoms with E-state index in [1.54, 1.807) is 6.20 Å². The second kappa shape index (κ2) is 5.46. The lowest BCUT2D eigenvalue weighted by Gasteiger charge is -2.05. The summed E-state index contributed by atoms with van der Waals surface area (Å²) >= 11 is 9.15. The first kappa shape index (κ1) is 12.3. The van der Waals surface area contributed by atoms with Crippen LogP contribution in [0.5, 0.6) is 0 Å². The van der Waals surface area contributed by atoms with Crippen molar-refractivity contribution >= 4 is 33.3 Å². The lowest BCUT2D eigenvalue weighted by Crippen LogP contribution is -2.03. The van der Waals surface area contributed by atoms with Gasteiger partial charge in [0.1, 0.15) is 23.1 Å². The first-order valence-electron chi connectivity index (χ1n) is 5.04. The van der Waals surface area contributed by atoms with Crippen LogP contribution in [0.25, 0.3) is 0 Å². The van der Waals surface area contributed by atoms with Crippen molar-refractivity contribution in [2.45, 2.75) is 19.9 Å². The minimum absolute atomic E-state index is 0.365. The average Bonchev–Trinajstić information content (AvgIpc) is 2.79. The third-order valence-corrected chi connectivity index (χ3v) is 3.37. The Morgan fingerprint density at radius 2 is 2.24 bits per heavy atom. The van der Waals surface area contributed by atoms with Crippen LogP contribution in [0.3, 0.4) is 0 Å². The van der Waals surface area contributed by atoms with Crippen LogP contribution in [0.1, 0.15) is 18.6 Å². The minimum Gasteiger partial charge on any atom is -0.444 e. The highest BCUT2D eigenvalue weighted by molar-refractivity contribution is 9.10. The van der Waals surface area contributed by atoms with E-state index >= 15 is 0 Å². The summed E-state index contributed by atoms with van der Waals surface area (Å²) in [5.41, 5.74) is 0. The summed E-state index contributed by atoms with van der Waals surface area (Å²) in [4.78, 5) is 12.0. The zero-order valence-electron chi connectivity index (χ0n) is 9.07. The Kier molecular flexibility index (Phi) is 3.96. The third-order valence-electron chi connectivity index (χ3n) is 2.10. The van der Waals surface area contributed by atoms with Gasteiger partial charge in [-0.1, -0.05) is 18.5 Å². The van der Waals surface area contributed by atoms with Crippen molar-refractivity contribution in [3.8, 4) is 0 Å². The number of hydrogen-bond acceptors (Lipinski definition) is 5. The van der Waals surface area contributed by atoms with Crippen LogP contribution in [0.15, 0.2) is 21.4 Å². The number of nitrogens with one attached hydrogen (secondary N) is 1. The van der Waals surface area contributed by atoms with Gasteiger partial charge in [-0.3, -0.25) is 0 Å². The molecular formula is C10H10BrClN4O. The highest BCUT2D eigenvalue weighted by atomic mass is 79.9. The smallest absolute Gasteiger partial charge is 0.213 e. The number of rotatable bonds is 4. The van der Waals surface area contributed by atoms with Crippen molar-refractivity contribution < 1.29 is 4.42 Å². The summed E-state index contributed by atoms with van der Waals surface area (Å²) in [5.74, 6) is 2.09. The number of nitrogens with zero attached hydrogens (tertiary/aromatic N) is 3. The quantitative estimate of drug-likeness (QED) is 0.878. The van der Waals surface area contributed by atoms with E-state index in [4.69, 9.17) is 16.0 Å². The van der Waals surface area contributed by atoms with Crippen molar-refractivity contribution in [3.05, 3.63) is 33.8 Å². The Bertz CT molecular complexity index is 517. The summed E-state index contributed by atoms with van der Waals surface area (Å²) in [6, 6.07) is 0. The van der Waals surface area contributed by atoms with E-state index in [0.29, 0.717) is 27.9 Å². The van der Waals surface area contributed by atoms with Crippen molar-refractivity contribution in [2.24, 2.45) is 0 Å². The first-order valence-corrected chi connectivity index (χ1v) is 6.21. The number of halogens is 2. The molecule has 2 aromatic rings. The van der Waals surface area contributed by atoms with Gasteiger partial charge in [0.05, 0.1) is 17.2 Å². The zero-order chi connectivity index (χ0) is 12.3. The maximum absolute atomic E-state index is 5.85. The fraction of sp³-hybridized carbons (Fsp3) is 0.300. The molecule has 0 unspecified atom stereocenters. The Hall–Kier alpha value is -1.14. The van der Waals surface area contributed by atoms with Crippen LogP contribution in [-0.2, 0) is 13.0 Å². The standard InChI is InChI=1S/C10H10BrClN4O/c1-2-6-3-13-7(17-6)4-14-10-8(11)9(12)15-5-16-10/h3,5H,2,4H2,1H3,(H,14,15,16). The van der Waals surface area contributed by atoms with Gasteiger partial charge in [0.2, 0.25) is 5.89 Å². The fourth-order valence-corrected chi connectivity index (χ4v) is 1.70. The van der Waals surface area contributed by atoms with Crippen molar-refractivity contribution in [2.75, 3.05) is 5.32 Å². The Balaban J connectivity index is 2.04. The van der Waals surface area contributed by atoms with E-state index in [0.717, 1.165) is 12.2 Å². The minimum atomic E-state index is 0.365. The third kappa shape index (κ3) is 2.95. The molecule has 0 atom stereocenters. The zero-order valence-corrected chi connectivity index (χ0v) is 11.4.